The smallest absolute Gasteiger partial charge is 0.255 e. The maximum absolute atomic E-state index is 13.0. The number of aromatic nitrogens is 4. The molecule has 2 aliphatic carbocycles. The predicted octanol–water partition coefficient (Wildman–Crippen LogP) is 5.07. The number of nitrogens with one attached hydrogen (secondary N) is 2. The zero-order valence-electron chi connectivity index (χ0n) is 21.3. The summed E-state index contributed by atoms with van der Waals surface area (Å²) in [5.41, 5.74) is 5.19. The number of amides is 2. The van der Waals surface area contributed by atoms with Gasteiger partial charge in [-0.25, -0.2) is 15.0 Å². The van der Waals surface area contributed by atoms with Crippen molar-refractivity contribution in [1.82, 2.24) is 19.9 Å². The van der Waals surface area contributed by atoms with Crippen molar-refractivity contribution >= 4 is 23.3 Å². The highest BCUT2D eigenvalue weighted by Crippen LogP contribution is 2.46. The molecule has 4 aromatic rings. The van der Waals surface area contributed by atoms with E-state index in [1.54, 1.807) is 30.6 Å². The van der Waals surface area contributed by atoms with Crippen LogP contribution >= 0.6 is 0 Å². The Morgan fingerprint density at radius 2 is 1.72 bits per heavy atom. The largest absolute Gasteiger partial charge is 0.322 e. The molecular weight excluding hydrogens is 490 g/mol. The summed E-state index contributed by atoms with van der Waals surface area (Å²) >= 11 is 0. The molecule has 2 N–H and O–H groups in total. The topological polar surface area (TPSA) is 134 Å². The molecule has 0 atom stereocenters. The molecule has 2 saturated carbocycles. The highest BCUT2D eigenvalue weighted by atomic mass is 16.2. The number of hydrogen-bond donors (Lipinski definition) is 2. The molecule has 39 heavy (non-hydrogen) atoms. The maximum atomic E-state index is 13.0. The molecule has 2 fully saturated rings. The first-order chi connectivity index (χ1) is 18.9. The fourth-order valence-corrected chi connectivity index (χ4v) is 4.46. The minimum absolute atomic E-state index is 0.00221. The third-order valence-electron chi connectivity index (χ3n) is 7.17. The molecule has 2 aliphatic rings. The quantitative estimate of drug-likeness (QED) is 0.351. The second-order valence-corrected chi connectivity index (χ2v) is 10.1. The summed E-state index contributed by atoms with van der Waals surface area (Å²) in [4.78, 5) is 42.7. The fourth-order valence-electron chi connectivity index (χ4n) is 4.46. The number of carbonyl (C=O) groups excluding carboxylic acids is 2. The number of hydrogen-bond acceptors (Lipinski definition) is 7. The molecule has 3 aromatic heterocycles. The number of rotatable bonds is 7. The highest BCUT2D eigenvalue weighted by Gasteiger charge is 2.46. The van der Waals surface area contributed by atoms with Gasteiger partial charge in [0, 0.05) is 40.7 Å². The van der Waals surface area contributed by atoms with E-state index in [1.807, 2.05) is 37.3 Å². The van der Waals surface area contributed by atoms with Crippen molar-refractivity contribution in [3.63, 3.8) is 0 Å². The van der Waals surface area contributed by atoms with E-state index in [0.717, 1.165) is 42.4 Å². The molecule has 0 radical (unpaired) electrons. The molecule has 6 rings (SSSR count). The molecule has 9 heteroatoms. The van der Waals surface area contributed by atoms with Gasteiger partial charge in [-0.3, -0.25) is 14.6 Å². The number of aryl methyl sites for hydroxylation is 1. The summed E-state index contributed by atoms with van der Waals surface area (Å²) in [5.74, 6) is 0.303. The van der Waals surface area contributed by atoms with E-state index in [-0.39, 0.29) is 17.7 Å². The molecule has 0 aliphatic heterocycles. The van der Waals surface area contributed by atoms with Gasteiger partial charge in [0.2, 0.25) is 5.91 Å². The number of anilines is 2. The van der Waals surface area contributed by atoms with Crippen LogP contribution in [0, 0.1) is 24.2 Å². The lowest BCUT2D eigenvalue weighted by atomic mass is 10.0. The van der Waals surface area contributed by atoms with Gasteiger partial charge in [0.25, 0.3) is 5.91 Å². The number of nitriles is 1. The van der Waals surface area contributed by atoms with Crippen LogP contribution in [0.3, 0.4) is 0 Å². The van der Waals surface area contributed by atoms with Gasteiger partial charge in [-0.15, -0.1) is 0 Å². The first kappa shape index (κ1) is 24.4. The number of carbonyl (C=O) groups is 2. The van der Waals surface area contributed by atoms with Gasteiger partial charge in [0.05, 0.1) is 28.6 Å². The van der Waals surface area contributed by atoms with Crippen molar-refractivity contribution in [2.45, 2.75) is 38.0 Å². The Labute approximate surface area is 225 Å². The SMILES string of the molecule is Cc1ccc(NC(=O)c2ccnc(C3(C#N)CC3)c2)cc1-c1cc(-c2ccnc(NC(=O)C3CC3)c2)ncn1. The molecule has 9 nitrogen and oxygen atoms in total. The lowest BCUT2D eigenvalue weighted by Crippen LogP contribution is -2.14. The third kappa shape index (κ3) is 5.09. The van der Waals surface area contributed by atoms with E-state index in [2.05, 4.69) is 36.6 Å². The molecule has 0 spiro atoms. The van der Waals surface area contributed by atoms with E-state index < -0.39 is 5.41 Å². The highest BCUT2D eigenvalue weighted by molar-refractivity contribution is 6.04. The minimum Gasteiger partial charge on any atom is -0.322 e. The Kier molecular flexibility index (Phi) is 6.08. The van der Waals surface area contributed by atoms with Gasteiger partial charge < -0.3 is 10.6 Å². The van der Waals surface area contributed by atoms with Crippen molar-refractivity contribution in [2.24, 2.45) is 5.92 Å². The van der Waals surface area contributed by atoms with Gasteiger partial charge >= 0.3 is 0 Å². The van der Waals surface area contributed by atoms with Gasteiger partial charge in [-0.05, 0) is 80.6 Å². The van der Waals surface area contributed by atoms with Crippen LogP contribution in [0.15, 0.2) is 67.3 Å². The summed E-state index contributed by atoms with van der Waals surface area (Å²) in [6, 6.07) is 16.8. The van der Waals surface area contributed by atoms with E-state index in [9.17, 15) is 14.9 Å². The number of pyridine rings is 2. The summed E-state index contributed by atoms with van der Waals surface area (Å²) in [6.45, 7) is 1.98. The zero-order chi connectivity index (χ0) is 27.0. The molecule has 2 amide bonds. The van der Waals surface area contributed by atoms with Crippen LogP contribution in [0.4, 0.5) is 11.5 Å². The third-order valence-corrected chi connectivity index (χ3v) is 7.17. The summed E-state index contributed by atoms with van der Waals surface area (Å²) in [7, 11) is 0. The Morgan fingerprint density at radius 3 is 2.49 bits per heavy atom. The number of nitrogens with zero attached hydrogens (tertiary/aromatic N) is 5. The lowest BCUT2D eigenvalue weighted by Gasteiger charge is -2.12. The van der Waals surface area contributed by atoms with Crippen molar-refractivity contribution in [1.29, 1.82) is 5.26 Å². The molecule has 0 saturated heterocycles. The van der Waals surface area contributed by atoms with E-state index >= 15 is 0 Å². The standard InChI is InChI=1S/C30H25N7O2/c1-18-2-5-22(36-29(39)21-7-10-32-26(12-21)30(16-31)8-9-30)14-23(18)25-15-24(34-17-35-25)20-6-11-33-27(13-20)37-28(38)19-3-4-19/h2,5-7,10-15,17,19H,3-4,8-9H2,1H3,(H,36,39)(H,33,37,38). The zero-order valence-corrected chi connectivity index (χ0v) is 21.3. The monoisotopic (exact) mass is 515 g/mol. The average molecular weight is 516 g/mol. The Hall–Kier alpha value is -4.97. The van der Waals surface area contributed by atoms with Crippen molar-refractivity contribution in [3.8, 4) is 28.6 Å². The van der Waals surface area contributed by atoms with Crippen LogP contribution in [0.2, 0.25) is 0 Å². The molecule has 3 heterocycles. The fraction of sp³-hybridized carbons (Fsp3) is 0.233. The van der Waals surface area contributed by atoms with Gasteiger partial charge in [0.15, 0.2) is 0 Å². The second kappa shape index (κ2) is 9.72. The van der Waals surface area contributed by atoms with E-state index in [0.29, 0.717) is 34.2 Å². The second-order valence-electron chi connectivity index (χ2n) is 10.1. The van der Waals surface area contributed by atoms with Crippen LogP contribution in [-0.4, -0.2) is 31.8 Å². The first-order valence-electron chi connectivity index (χ1n) is 12.8. The number of benzene rings is 1. The van der Waals surface area contributed by atoms with Crippen LogP contribution in [-0.2, 0) is 10.2 Å². The molecular formula is C30H25N7O2. The van der Waals surface area contributed by atoms with E-state index in [1.165, 1.54) is 6.33 Å². The molecule has 192 valence electrons. The predicted molar refractivity (Wildman–Crippen MR) is 146 cm³/mol. The van der Waals surface area contributed by atoms with Crippen LogP contribution < -0.4 is 10.6 Å². The molecule has 0 unspecified atom stereocenters. The molecule has 0 bridgehead atoms. The molecule has 1 aromatic carbocycles. The Balaban J connectivity index is 1.23. The summed E-state index contributed by atoms with van der Waals surface area (Å²) < 4.78 is 0. The Bertz CT molecular complexity index is 1650. The summed E-state index contributed by atoms with van der Waals surface area (Å²) in [6.07, 6.45) is 8.09. The summed E-state index contributed by atoms with van der Waals surface area (Å²) in [5, 5.41) is 15.3. The normalized spacial score (nSPS) is 15.2. The van der Waals surface area contributed by atoms with Crippen molar-refractivity contribution in [2.75, 3.05) is 10.6 Å². The lowest BCUT2D eigenvalue weighted by molar-refractivity contribution is -0.117. The first-order valence-corrected chi connectivity index (χ1v) is 12.8. The van der Waals surface area contributed by atoms with E-state index in [4.69, 9.17) is 0 Å². The van der Waals surface area contributed by atoms with Crippen molar-refractivity contribution < 1.29 is 9.59 Å². The van der Waals surface area contributed by atoms with Crippen molar-refractivity contribution in [3.05, 3.63) is 84.1 Å². The Morgan fingerprint density at radius 1 is 0.923 bits per heavy atom. The minimum atomic E-state index is -0.559. The van der Waals surface area contributed by atoms with Gasteiger partial charge in [-0.1, -0.05) is 6.07 Å². The van der Waals surface area contributed by atoms with Crippen LogP contribution in [0.5, 0.6) is 0 Å². The maximum Gasteiger partial charge on any atom is 0.255 e. The average Bonchev–Trinajstić information content (AvgIpc) is 3.89. The van der Waals surface area contributed by atoms with Crippen LogP contribution in [0.25, 0.3) is 22.5 Å². The van der Waals surface area contributed by atoms with Gasteiger partial charge in [0.1, 0.15) is 12.1 Å². The van der Waals surface area contributed by atoms with Crippen LogP contribution in [0.1, 0.15) is 47.3 Å². The van der Waals surface area contributed by atoms with Gasteiger partial charge in [-0.2, -0.15) is 5.26 Å².